The SMILES string of the molecule is O=C(O)C(O)C(F)(F)F.O=C(O)C(O)C(F)(F)F.[Cu]. The predicted octanol–water partition coefficient (Wildman–Crippen LogP) is -0.0141. The van der Waals surface area contributed by atoms with Crippen LogP contribution in [0.15, 0.2) is 0 Å². The largest absolute Gasteiger partial charge is 0.479 e. The summed E-state index contributed by atoms with van der Waals surface area (Å²) in [7, 11) is 0. The standard InChI is InChI=1S/2C3H3F3O3.Cu/c2*4-3(5,6)1(7)2(8)9;/h2*1,7H,(H,8,9);. The first kappa shape index (κ1) is 23.1. The van der Waals surface area contributed by atoms with E-state index in [2.05, 4.69) is 0 Å². The van der Waals surface area contributed by atoms with E-state index in [1.165, 1.54) is 0 Å². The maximum Gasteiger partial charge on any atom is 0.425 e. The molecule has 0 aliphatic carbocycles. The summed E-state index contributed by atoms with van der Waals surface area (Å²) in [6.45, 7) is 0. The van der Waals surface area contributed by atoms with Crippen molar-refractivity contribution >= 4 is 11.9 Å². The van der Waals surface area contributed by atoms with E-state index in [1.54, 1.807) is 0 Å². The van der Waals surface area contributed by atoms with Crippen molar-refractivity contribution in [2.24, 2.45) is 0 Å². The van der Waals surface area contributed by atoms with Crippen LogP contribution in [0.5, 0.6) is 0 Å². The summed E-state index contributed by atoms with van der Waals surface area (Å²) in [6.07, 6.45) is -16.7. The third-order valence-electron chi connectivity index (χ3n) is 1.09. The Kier molecular flexibility index (Phi) is 9.96. The fourth-order valence-electron chi connectivity index (χ4n) is 0.280. The number of alkyl halides is 6. The minimum absolute atomic E-state index is 0. The molecule has 0 amide bonds. The van der Waals surface area contributed by atoms with Crippen molar-refractivity contribution < 1.29 is 73.4 Å². The van der Waals surface area contributed by atoms with Crippen molar-refractivity contribution in [3.8, 4) is 0 Å². The van der Waals surface area contributed by atoms with Gasteiger partial charge in [0.2, 0.25) is 12.2 Å². The number of hydrogen-bond acceptors (Lipinski definition) is 4. The van der Waals surface area contributed by atoms with Crippen molar-refractivity contribution in [3.05, 3.63) is 0 Å². The van der Waals surface area contributed by atoms with Crippen LogP contribution in [-0.4, -0.2) is 56.9 Å². The van der Waals surface area contributed by atoms with Crippen LogP contribution < -0.4 is 0 Å². The average molecular weight is 352 g/mol. The topological polar surface area (TPSA) is 115 Å². The Bertz CT molecular complexity index is 272. The molecule has 119 valence electrons. The molecule has 0 saturated heterocycles. The molecule has 0 heterocycles. The summed E-state index contributed by atoms with van der Waals surface area (Å²) in [5.74, 6) is -4.58. The van der Waals surface area contributed by atoms with Gasteiger partial charge in [-0.2, -0.15) is 26.3 Å². The van der Waals surface area contributed by atoms with Crippen LogP contribution in [0, 0.1) is 0 Å². The van der Waals surface area contributed by atoms with E-state index in [9.17, 15) is 35.9 Å². The van der Waals surface area contributed by atoms with Gasteiger partial charge >= 0.3 is 24.3 Å². The Morgan fingerprint density at radius 2 is 0.895 bits per heavy atom. The first-order valence-corrected chi connectivity index (χ1v) is 3.66. The Morgan fingerprint density at radius 3 is 0.895 bits per heavy atom. The fraction of sp³-hybridized carbons (Fsp3) is 0.667. The number of halogens is 6. The number of hydrogen-bond donors (Lipinski definition) is 4. The molecule has 0 aromatic heterocycles. The molecule has 0 fully saturated rings. The molecule has 19 heavy (non-hydrogen) atoms. The summed E-state index contributed by atoms with van der Waals surface area (Å²) < 4.78 is 66.4. The molecular weight excluding hydrogens is 346 g/mol. The van der Waals surface area contributed by atoms with E-state index < -0.39 is 36.5 Å². The molecule has 6 nitrogen and oxygen atoms in total. The molecule has 0 aromatic carbocycles. The van der Waals surface area contributed by atoms with Gasteiger partial charge in [0.25, 0.3) is 0 Å². The maximum absolute atomic E-state index is 11.1. The van der Waals surface area contributed by atoms with Crippen molar-refractivity contribution in [1.29, 1.82) is 0 Å². The summed E-state index contributed by atoms with van der Waals surface area (Å²) >= 11 is 0. The molecule has 0 aliphatic heterocycles. The van der Waals surface area contributed by atoms with Crippen LogP contribution >= 0.6 is 0 Å². The molecule has 2 atom stereocenters. The van der Waals surface area contributed by atoms with Gasteiger partial charge in [-0.25, -0.2) is 9.59 Å². The Morgan fingerprint density at radius 1 is 0.737 bits per heavy atom. The summed E-state index contributed by atoms with van der Waals surface area (Å²) in [4.78, 5) is 18.8. The molecular formula is C6H6CuF6O6. The second kappa shape index (κ2) is 8.19. The predicted molar refractivity (Wildman–Crippen MR) is 39.4 cm³/mol. The zero-order chi connectivity index (χ0) is 15.3. The van der Waals surface area contributed by atoms with E-state index in [1.807, 2.05) is 0 Å². The van der Waals surface area contributed by atoms with Crippen molar-refractivity contribution in [2.75, 3.05) is 0 Å². The zero-order valence-electron chi connectivity index (χ0n) is 8.33. The zero-order valence-corrected chi connectivity index (χ0v) is 9.27. The number of aliphatic hydroxyl groups is 2. The van der Waals surface area contributed by atoms with Gasteiger partial charge in [-0.15, -0.1) is 0 Å². The molecule has 1 radical (unpaired) electrons. The minimum atomic E-state index is -5.06. The molecule has 13 heteroatoms. The molecule has 0 saturated carbocycles. The van der Waals surface area contributed by atoms with Gasteiger partial charge in [-0.1, -0.05) is 0 Å². The van der Waals surface area contributed by atoms with Crippen LogP contribution in [0.4, 0.5) is 26.3 Å². The van der Waals surface area contributed by atoms with E-state index in [0.717, 1.165) is 0 Å². The van der Waals surface area contributed by atoms with Gasteiger partial charge < -0.3 is 20.4 Å². The van der Waals surface area contributed by atoms with Crippen LogP contribution in [-0.2, 0) is 26.7 Å². The van der Waals surface area contributed by atoms with E-state index >= 15 is 0 Å². The molecule has 0 rings (SSSR count). The van der Waals surface area contributed by atoms with Crippen molar-refractivity contribution in [2.45, 2.75) is 24.6 Å². The van der Waals surface area contributed by atoms with E-state index in [-0.39, 0.29) is 17.1 Å². The number of aliphatic hydroxyl groups excluding tert-OH is 2. The van der Waals surface area contributed by atoms with Gasteiger partial charge in [0.1, 0.15) is 0 Å². The molecule has 4 N–H and O–H groups in total. The first-order chi connectivity index (χ1) is 7.71. The van der Waals surface area contributed by atoms with Crippen molar-refractivity contribution in [3.63, 3.8) is 0 Å². The Hall–Kier alpha value is -1.04. The Balaban J connectivity index is -0.000000256. The number of rotatable bonds is 2. The average Bonchev–Trinajstić information content (AvgIpc) is 2.13. The number of carbonyl (C=O) groups is 2. The normalized spacial score (nSPS) is 14.3. The van der Waals surface area contributed by atoms with Crippen LogP contribution in [0.3, 0.4) is 0 Å². The van der Waals surface area contributed by atoms with Crippen LogP contribution in [0.2, 0.25) is 0 Å². The van der Waals surface area contributed by atoms with Gasteiger partial charge in [0.05, 0.1) is 0 Å². The molecule has 0 aromatic rings. The van der Waals surface area contributed by atoms with Gasteiger partial charge in [-0.3, -0.25) is 0 Å². The molecule has 0 aliphatic rings. The number of carboxylic acids is 2. The quantitative estimate of drug-likeness (QED) is 0.411. The monoisotopic (exact) mass is 351 g/mol. The second-order valence-corrected chi connectivity index (χ2v) is 2.56. The van der Waals surface area contributed by atoms with E-state index in [4.69, 9.17) is 20.4 Å². The first-order valence-electron chi connectivity index (χ1n) is 3.66. The minimum Gasteiger partial charge on any atom is -0.479 e. The maximum atomic E-state index is 11.1. The third-order valence-corrected chi connectivity index (χ3v) is 1.09. The molecule has 2 unspecified atom stereocenters. The molecule has 0 bridgehead atoms. The van der Waals surface area contributed by atoms with Crippen molar-refractivity contribution in [1.82, 2.24) is 0 Å². The Labute approximate surface area is 111 Å². The van der Waals surface area contributed by atoms with E-state index in [0.29, 0.717) is 0 Å². The van der Waals surface area contributed by atoms with Gasteiger partial charge in [0.15, 0.2) is 0 Å². The van der Waals surface area contributed by atoms with Gasteiger partial charge in [-0.05, 0) is 0 Å². The number of carboxylic acid groups (broad SMARTS) is 2. The number of aliphatic carboxylic acids is 2. The molecule has 0 spiro atoms. The third kappa shape index (κ3) is 10.6. The fourth-order valence-corrected chi connectivity index (χ4v) is 0.280. The summed E-state index contributed by atoms with van der Waals surface area (Å²) in [5.41, 5.74) is 0. The van der Waals surface area contributed by atoms with Gasteiger partial charge in [0, 0.05) is 17.1 Å². The van der Waals surface area contributed by atoms with Crippen LogP contribution in [0.1, 0.15) is 0 Å². The summed E-state index contributed by atoms with van der Waals surface area (Å²) in [5, 5.41) is 30.6. The summed E-state index contributed by atoms with van der Waals surface area (Å²) in [6, 6.07) is 0. The smallest absolute Gasteiger partial charge is 0.425 e. The second-order valence-electron chi connectivity index (χ2n) is 2.56. The van der Waals surface area contributed by atoms with Crippen LogP contribution in [0.25, 0.3) is 0 Å².